The van der Waals surface area contributed by atoms with E-state index in [4.69, 9.17) is 4.74 Å². The average molecular weight is 467 g/mol. The van der Waals surface area contributed by atoms with Crippen molar-refractivity contribution < 1.29 is 4.74 Å². The van der Waals surface area contributed by atoms with E-state index in [-0.39, 0.29) is 0 Å². The van der Waals surface area contributed by atoms with Gasteiger partial charge in [0.05, 0.1) is 13.2 Å². The van der Waals surface area contributed by atoms with Gasteiger partial charge in [0.1, 0.15) is 0 Å². The first-order chi connectivity index (χ1) is 17.3. The molecular formula is C34H42O. The van der Waals surface area contributed by atoms with E-state index in [1.54, 1.807) is 0 Å². The van der Waals surface area contributed by atoms with Crippen LogP contribution in [0, 0.1) is 0 Å². The molecule has 0 amide bonds. The molecule has 0 radical (unpaired) electrons. The van der Waals surface area contributed by atoms with Crippen LogP contribution in [0.5, 0.6) is 0 Å². The minimum atomic E-state index is 0.690. The van der Waals surface area contributed by atoms with Gasteiger partial charge in [-0.1, -0.05) is 91.0 Å². The third-order valence-electron chi connectivity index (χ3n) is 6.48. The molecule has 3 aromatic carbocycles. The smallest absolute Gasteiger partial charge is 0.0717 e. The fourth-order valence-electron chi connectivity index (χ4n) is 4.34. The highest BCUT2D eigenvalue weighted by Gasteiger charge is 2.00. The summed E-state index contributed by atoms with van der Waals surface area (Å²) in [6.45, 7) is 7.22. The van der Waals surface area contributed by atoms with Crippen LogP contribution in [0.4, 0.5) is 0 Å². The van der Waals surface area contributed by atoms with Crippen molar-refractivity contribution in [3.63, 3.8) is 0 Å². The number of allylic oxidation sites excluding steroid dienone is 1. The quantitative estimate of drug-likeness (QED) is 0.151. The first kappa shape index (κ1) is 26.7. The Balaban J connectivity index is 1.28. The molecule has 0 saturated carbocycles. The fraction of sp³-hybridized carbons (Fsp3) is 0.353. The molecule has 0 N–H and O–H groups in total. The third kappa shape index (κ3) is 10.5. The second kappa shape index (κ2) is 15.9. The van der Waals surface area contributed by atoms with E-state index >= 15 is 0 Å². The van der Waals surface area contributed by atoms with E-state index < -0.39 is 0 Å². The van der Waals surface area contributed by atoms with Gasteiger partial charge in [0.15, 0.2) is 0 Å². The zero-order chi connectivity index (χ0) is 24.6. The van der Waals surface area contributed by atoms with Crippen LogP contribution in [-0.4, -0.2) is 6.61 Å². The van der Waals surface area contributed by atoms with Crippen LogP contribution in [-0.2, 0) is 37.0 Å². The van der Waals surface area contributed by atoms with Gasteiger partial charge in [-0.05, 0) is 98.1 Å². The van der Waals surface area contributed by atoms with E-state index in [0.29, 0.717) is 6.61 Å². The lowest BCUT2D eigenvalue weighted by atomic mass is 10.00. The summed E-state index contributed by atoms with van der Waals surface area (Å²) in [5.74, 6) is 0. The lowest BCUT2D eigenvalue weighted by molar-refractivity contribution is 0.125. The molecule has 0 heterocycles. The predicted molar refractivity (Wildman–Crippen MR) is 152 cm³/mol. The first-order valence-corrected chi connectivity index (χ1v) is 13.3. The van der Waals surface area contributed by atoms with Gasteiger partial charge in [0.25, 0.3) is 0 Å². The Bertz CT molecular complexity index is 994. The van der Waals surface area contributed by atoms with E-state index in [2.05, 4.69) is 98.5 Å². The summed E-state index contributed by atoms with van der Waals surface area (Å²) in [5, 5.41) is 0. The highest BCUT2D eigenvalue weighted by Crippen LogP contribution is 2.15. The van der Waals surface area contributed by atoms with Crippen molar-refractivity contribution in [3.8, 4) is 0 Å². The molecule has 0 spiro atoms. The second-order valence-electron chi connectivity index (χ2n) is 9.42. The first-order valence-electron chi connectivity index (χ1n) is 13.3. The summed E-state index contributed by atoms with van der Waals surface area (Å²) in [5.41, 5.74) is 8.32. The molecule has 0 aliphatic heterocycles. The Hall–Kier alpha value is -2.90. The lowest BCUT2D eigenvalue weighted by Gasteiger charge is -2.07. The van der Waals surface area contributed by atoms with Crippen molar-refractivity contribution in [2.75, 3.05) is 6.61 Å². The molecule has 35 heavy (non-hydrogen) atoms. The maximum Gasteiger partial charge on any atom is 0.0717 e. The largest absolute Gasteiger partial charge is 0.376 e. The molecule has 0 atom stereocenters. The van der Waals surface area contributed by atoms with Crippen LogP contribution >= 0.6 is 0 Å². The topological polar surface area (TPSA) is 9.23 Å². The normalized spacial score (nSPS) is 11.2. The molecule has 1 heteroatoms. The summed E-state index contributed by atoms with van der Waals surface area (Å²) in [4.78, 5) is 0. The van der Waals surface area contributed by atoms with Crippen LogP contribution in [0.15, 0.2) is 91.5 Å². The lowest BCUT2D eigenvalue weighted by Crippen LogP contribution is -1.95. The monoisotopic (exact) mass is 466 g/mol. The maximum absolute atomic E-state index is 5.64. The van der Waals surface area contributed by atoms with Gasteiger partial charge < -0.3 is 4.74 Å². The number of benzene rings is 3. The van der Waals surface area contributed by atoms with Gasteiger partial charge in [0, 0.05) is 0 Å². The summed E-state index contributed by atoms with van der Waals surface area (Å²) < 4.78 is 5.64. The molecule has 3 rings (SSSR count). The molecule has 184 valence electrons. The number of unbranched alkanes of at least 4 members (excludes halogenated alkanes) is 2. The molecule has 0 saturated heterocycles. The maximum atomic E-state index is 5.64. The van der Waals surface area contributed by atoms with Gasteiger partial charge >= 0.3 is 0 Å². The van der Waals surface area contributed by atoms with Crippen LogP contribution in [0.3, 0.4) is 0 Å². The number of ether oxygens (including phenoxy) is 1. The molecule has 0 aliphatic rings. The number of hydrogen-bond acceptors (Lipinski definition) is 1. The van der Waals surface area contributed by atoms with Crippen molar-refractivity contribution >= 4 is 6.08 Å². The summed E-state index contributed by atoms with van der Waals surface area (Å²) in [6.07, 6.45) is 16.6. The van der Waals surface area contributed by atoms with Gasteiger partial charge in [-0.2, -0.15) is 0 Å². The van der Waals surface area contributed by atoms with Crippen LogP contribution < -0.4 is 0 Å². The summed E-state index contributed by atoms with van der Waals surface area (Å²) in [7, 11) is 0. The van der Waals surface area contributed by atoms with E-state index in [9.17, 15) is 0 Å². The Labute approximate surface area is 213 Å². The van der Waals surface area contributed by atoms with Crippen LogP contribution in [0.25, 0.3) is 6.08 Å². The van der Waals surface area contributed by atoms with Gasteiger partial charge in [-0.25, -0.2) is 0 Å². The van der Waals surface area contributed by atoms with Crippen molar-refractivity contribution in [2.24, 2.45) is 0 Å². The zero-order valence-corrected chi connectivity index (χ0v) is 21.6. The molecular weight excluding hydrogens is 424 g/mol. The average Bonchev–Trinajstić information content (AvgIpc) is 2.90. The van der Waals surface area contributed by atoms with Crippen molar-refractivity contribution in [2.45, 2.75) is 71.3 Å². The molecule has 3 aromatic rings. The Morgan fingerprint density at radius 2 is 1.00 bits per heavy atom. The molecule has 0 fully saturated rings. The number of aryl methyl sites for hydroxylation is 4. The van der Waals surface area contributed by atoms with Crippen LogP contribution in [0.2, 0.25) is 0 Å². The van der Waals surface area contributed by atoms with Crippen LogP contribution in [0.1, 0.15) is 72.4 Å². The van der Waals surface area contributed by atoms with Gasteiger partial charge in [-0.15, -0.1) is 6.58 Å². The summed E-state index contributed by atoms with van der Waals surface area (Å²) >= 11 is 0. The van der Waals surface area contributed by atoms with Crippen molar-refractivity contribution in [1.82, 2.24) is 0 Å². The Morgan fingerprint density at radius 3 is 1.40 bits per heavy atom. The molecule has 0 unspecified atom stereocenters. The Kier molecular flexibility index (Phi) is 12.1. The predicted octanol–water partition coefficient (Wildman–Crippen LogP) is 8.94. The molecule has 0 bridgehead atoms. The molecule has 0 aromatic heterocycles. The standard InChI is InChI=1S/C34H42O/c1-3-5-27-35-28-34-25-23-33(24-26-34)14-9-8-13-32-21-19-31(20-22-32)12-7-6-11-30-17-15-29(10-4-2)16-18-30/h3-4,10,15-26H,1,5-9,11-14,27-28H2,2H3. The van der Waals surface area contributed by atoms with Gasteiger partial charge in [0.2, 0.25) is 0 Å². The number of rotatable bonds is 16. The number of hydrogen-bond donors (Lipinski definition) is 0. The third-order valence-corrected chi connectivity index (χ3v) is 6.48. The molecule has 0 aliphatic carbocycles. The zero-order valence-electron chi connectivity index (χ0n) is 21.6. The van der Waals surface area contributed by atoms with Crippen molar-refractivity contribution in [1.29, 1.82) is 0 Å². The second-order valence-corrected chi connectivity index (χ2v) is 9.42. The minimum Gasteiger partial charge on any atom is -0.376 e. The van der Waals surface area contributed by atoms with E-state index in [0.717, 1.165) is 19.4 Å². The molecule has 1 nitrogen and oxygen atoms in total. The van der Waals surface area contributed by atoms with E-state index in [1.807, 2.05) is 6.08 Å². The van der Waals surface area contributed by atoms with Crippen molar-refractivity contribution in [3.05, 3.63) is 125 Å². The van der Waals surface area contributed by atoms with Gasteiger partial charge in [-0.3, -0.25) is 0 Å². The van der Waals surface area contributed by atoms with E-state index in [1.165, 1.54) is 78.3 Å². The highest BCUT2D eigenvalue weighted by molar-refractivity contribution is 5.49. The Morgan fingerprint density at radius 1 is 0.600 bits per heavy atom. The fourth-order valence-corrected chi connectivity index (χ4v) is 4.34. The minimum absolute atomic E-state index is 0.690. The highest BCUT2D eigenvalue weighted by atomic mass is 16.5. The summed E-state index contributed by atoms with van der Waals surface area (Å²) in [6, 6.07) is 27.2. The SMILES string of the molecule is C=CCCOCc1ccc(CCCCc2ccc(CCCCc3ccc(C=CC)cc3)cc2)cc1.